The largest absolute Gasteiger partial charge is 0.337 e. The average Bonchev–Trinajstić information content (AvgIpc) is 3.13. The van der Waals surface area contributed by atoms with Gasteiger partial charge in [-0.3, -0.25) is 9.59 Å². The van der Waals surface area contributed by atoms with Crippen molar-refractivity contribution in [1.82, 2.24) is 19.6 Å². The zero-order chi connectivity index (χ0) is 37.8. The van der Waals surface area contributed by atoms with Gasteiger partial charge >= 0.3 is 0 Å². The molecule has 0 N–H and O–H groups in total. The minimum atomic E-state index is -0.0691. The van der Waals surface area contributed by atoms with Gasteiger partial charge in [0, 0.05) is 117 Å². The molecule has 13 heteroatoms. The summed E-state index contributed by atoms with van der Waals surface area (Å²) in [5, 5.41) is 2.67. The molecule has 0 radical (unpaired) electrons. The molecular weight excluding hydrogens is 813 g/mol. The van der Waals surface area contributed by atoms with Gasteiger partial charge in [0.15, 0.2) is 0 Å². The highest BCUT2D eigenvalue weighted by molar-refractivity contribution is 7.99. The van der Waals surface area contributed by atoms with Crippen LogP contribution in [0.3, 0.4) is 0 Å². The topological polar surface area (TPSA) is 47.1 Å². The van der Waals surface area contributed by atoms with Crippen LogP contribution in [0, 0.1) is 0 Å². The molecule has 0 spiro atoms. The Labute approximate surface area is 344 Å². The monoisotopic (exact) mass is 846 g/mol. The summed E-state index contributed by atoms with van der Waals surface area (Å²) in [6, 6.07) is 18.1. The predicted molar refractivity (Wildman–Crippen MR) is 224 cm³/mol. The minimum Gasteiger partial charge on any atom is -0.337 e. The summed E-state index contributed by atoms with van der Waals surface area (Å²) >= 11 is 41.9. The summed E-state index contributed by atoms with van der Waals surface area (Å²) in [6.07, 6.45) is 6.71. The smallest absolute Gasteiger partial charge is 0.246 e. The van der Waals surface area contributed by atoms with Crippen molar-refractivity contribution in [2.24, 2.45) is 0 Å². The SMILES string of the molecule is CN1CCN(C(=O)/C=C/c2ccc(Sc3ccc(/C=C/C(=O)N4CCN(C)CC4)c(-c4ccc(Cl)cc4Cl)c3Cl)c(Cl)c2-c2ccc(Cl)cc2Cl)CC1. The van der Waals surface area contributed by atoms with Crippen LogP contribution >= 0.6 is 81.4 Å². The van der Waals surface area contributed by atoms with Crippen molar-refractivity contribution < 1.29 is 9.59 Å². The van der Waals surface area contributed by atoms with Crippen molar-refractivity contribution >= 4 is 105 Å². The maximum Gasteiger partial charge on any atom is 0.246 e. The summed E-state index contributed by atoms with van der Waals surface area (Å²) < 4.78 is 0. The van der Waals surface area contributed by atoms with E-state index < -0.39 is 0 Å². The zero-order valence-electron chi connectivity index (χ0n) is 29.0. The molecule has 0 unspecified atom stereocenters. The molecular formula is C40H36Cl6N4O2S. The number of carbonyl (C=O) groups is 2. The molecule has 2 heterocycles. The number of nitrogens with zero attached hydrogens (tertiary/aromatic N) is 4. The van der Waals surface area contributed by atoms with Crippen molar-refractivity contribution in [3.63, 3.8) is 0 Å². The van der Waals surface area contributed by atoms with Gasteiger partial charge in [0.2, 0.25) is 11.8 Å². The number of halogens is 6. The Morgan fingerprint density at radius 1 is 0.547 bits per heavy atom. The van der Waals surface area contributed by atoms with Gasteiger partial charge in [0.05, 0.1) is 10.0 Å². The Morgan fingerprint density at radius 2 is 0.925 bits per heavy atom. The second-order valence-electron chi connectivity index (χ2n) is 13.0. The molecule has 0 saturated carbocycles. The lowest BCUT2D eigenvalue weighted by atomic mass is 9.98. The molecule has 0 atom stereocenters. The summed E-state index contributed by atoms with van der Waals surface area (Å²) in [5.41, 5.74) is 4.08. The standard InChI is InChI=1S/C40H36Cl6N4O2S/c1-47-15-19-49(20-16-47)35(51)13-5-25-3-11-33(39(45)37(25)29-9-7-27(41)23-31(29)43)53-34-12-4-26(6-14-36(52)50-21-17-48(2)18-22-50)38(40(34)46)30-10-8-28(42)24-32(30)44/h3-14,23-24H,15-22H2,1-2H3/b13-5+,14-6+. The summed E-state index contributed by atoms with van der Waals surface area (Å²) in [7, 11) is 4.10. The van der Waals surface area contributed by atoms with E-state index in [4.69, 9.17) is 69.6 Å². The maximum atomic E-state index is 13.1. The summed E-state index contributed by atoms with van der Waals surface area (Å²) in [6.45, 7) is 5.95. The van der Waals surface area contributed by atoms with E-state index in [1.54, 1.807) is 48.6 Å². The van der Waals surface area contributed by atoms with E-state index in [1.165, 1.54) is 11.8 Å². The van der Waals surface area contributed by atoms with Crippen LogP contribution in [0.5, 0.6) is 0 Å². The van der Waals surface area contributed by atoms with Crippen molar-refractivity contribution in [3.8, 4) is 22.3 Å². The minimum absolute atomic E-state index is 0.0691. The van der Waals surface area contributed by atoms with Crippen LogP contribution in [-0.2, 0) is 9.59 Å². The van der Waals surface area contributed by atoms with Crippen LogP contribution in [0.15, 0.2) is 82.6 Å². The zero-order valence-corrected chi connectivity index (χ0v) is 34.4. The van der Waals surface area contributed by atoms with Gasteiger partial charge < -0.3 is 19.6 Å². The maximum absolute atomic E-state index is 13.1. The number of likely N-dealkylation sites (N-methyl/N-ethyl adjacent to an activating group) is 2. The lowest BCUT2D eigenvalue weighted by Gasteiger charge is -2.31. The number of carbonyl (C=O) groups excluding carboxylic acids is 2. The van der Waals surface area contributed by atoms with Gasteiger partial charge in [-0.05, 0) is 73.8 Å². The second-order valence-corrected chi connectivity index (χ2v) is 16.5. The van der Waals surface area contributed by atoms with Gasteiger partial charge in [-0.15, -0.1) is 0 Å². The summed E-state index contributed by atoms with van der Waals surface area (Å²) in [5.74, 6) is -0.138. The highest BCUT2D eigenvalue weighted by Gasteiger charge is 2.22. The molecule has 4 aromatic carbocycles. The second kappa shape index (κ2) is 17.8. The molecule has 53 heavy (non-hydrogen) atoms. The van der Waals surface area contributed by atoms with E-state index in [0.29, 0.717) is 88.4 Å². The third-order valence-corrected chi connectivity index (χ3v) is 12.6. The molecule has 2 fully saturated rings. The van der Waals surface area contributed by atoms with Crippen LogP contribution in [-0.4, -0.2) is 97.9 Å². The third kappa shape index (κ3) is 9.58. The Kier molecular flexibility index (Phi) is 13.5. The third-order valence-electron chi connectivity index (χ3n) is 9.34. The molecule has 0 aromatic heterocycles. The molecule has 2 aliphatic rings. The predicted octanol–water partition coefficient (Wildman–Crippen LogP) is 10.7. The van der Waals surface area contributed by atoms with Gasteiger partial charge in [0.1, 0.15) is 0 Å². The van der Waals surface area contributed by atoms with E-state index in [2.05, 4.69) is 9.80 Å². The van der Waals surface area contributed by atoms with Crippen molar-refractivity contribution in [3.05, 3.63) is 114 Å². The van der Waals surface area contributed by atoms with Crippen molar-refractivity contribution in [1.29, 1.82) is 0 Å². The molecule has 2 aliphatic heterocycles. The molecule has 276 valence electrons. The number of amides is 2. The van der Waals surface area contributed by atoms with E-state index in [1.807, 2.05) is 60.3 Å². The Balaban J connectivity index is 1.38. The number of hydrogen-bond acceptors (Lipinski definition) is 5. The molecule has 0 bridgehead atoms. The van der Waals surface area contributed by atoms with Gasteiger partial charge in [-0.1, -0.05) is 106 Å². The Bertz CT molecular complexity index is 1950. The number of piperazine rings is 2. The highest BCUT2D eigenvalue weighted by Crippen LogP contribution is 2.48. The first-order chi connectivity index (χ1) is 25.4. The van der Waals surface area contributed by atoms with Gasteiger partial charge in [-0.2, -0.15) is 0 Å². The van der Waals surface area contributed by atoms with E-state index in [9.17, 15) is 9.59 Å². The number of benzene rings is 4. The molecule has 6 rings (SSSR count). The number of hydrogen-bond donors (Lipinski definition) is 0. The first kappa shape index (κ1) is 40.0. The lowest BCUT2D eigenvalue weighted by Crippen LogP contribution is -2.46. The van der Waals surface area contributed by atoms with E-state index >= 15 is 0 Å². The molecule has 2 saturated heterocycles. The first-order valence-electron chi connectivity index (χ1n) is 16.9. The normalized spacial score (nSPS) is 15.9. The van der Waals surface area contributed by atoms with Crippen molar-refractivity contribution in [2.75, 3.05) is 66.5 Å². The van der Waals surface area contributed by atoms with Crippen molar-refractivity contribution in [2.45, 2.75) is 9.79 Å². The fourth-order valence-electron chi connectivity index (χ4n) is 6.22. The van der Waals surface area contributed by atoms with Crippen LogP contribution in [0.2, 0.25) is 30.1 Å². The molecule has 4 aromatic rings. The molecule has 6 nitrogen and oxygen atoms in total. The lowest BCUT2D eigenvalue weighted by molar-refractivity contribution is -0.128. The van der Waals surface area contributed by atoms with Crippen LogP contribution < -0.4 is 0 Å². The fraction of sp³-hybridized carbons (Fsp3) is 0.250. The quantitative estimate of drug-likeness (QED) is 0.165. The Morgan fingerprint density at radius 3 is 1.28 bits per heavy atom. The van der Waals surface area contributed by atoms with Gasteiger partial charge in [0.25, 0.3) is 0 Å². The number of rotatable bonds is 8. The van der Waals surface area contributed by atoms with Crippen LogP contribution in [0.25, 0.3) is 34.4 Å². The van der Waals surface area contributed by atoms with E-state index in [0.717, 1.165) is 37.3 Å². The van der Waals surface area contributed by atoms with Crippen LogP contribution in [0.1, 0.15) is 11.1 Å². The Hall–Kier alpha value is -2.69. The first-order valence-corrected chi connectivity index (χ1v) is 20.0. The highest BCUT2D eigenvalue weighted by atomic mass is 35.5. The van der Waals surface area contributed by atoms with Crippen LogP contribution in [0.4, 0.5) is 0 Å². The summed E-state index contributed by atoms with van der Waals surface area (Å²) in [4.78, 5) is 35.8. The average molecular weight is 850 g/mol. The fourth-order valence-corrected chi connectivity index (χ4v) is 8.89. The van der Waals surface area contributed by atoms with Gasteiger partial charge in [-0.25, -0.2) is 0 Å². The van der Waals surface area contributed by atoms with E-state index in [-0.39, 0.29) is 11.8 Å². The molecule has 2 amide bonds. The molecule has 0 aliphatic carbocycles.